The highest BCUT2D eigenvalue weighted by Crippen LogP contribution is 2.36. The van der Waals surface area contributed by atoms with Crippen molar-refractivity contribution in [3.05, 3.63) is 34.4 Å². The lowest BCUT2D eigenvalue weighted by atomic mass is 9.85. The van der Waals surface area contributed by atoms with Crippen molar-refractivity contribution in [2.75, 3.05) is 7.11 Å². The van der Waals surface area contributed by atoms with E-state index >= 15 is 0 Å². The second-order valence-corrected chi connectivity index (χ2v) is 6.20. The summed E-state index contributed by atoms with van der Waals surface area (Å²) in [4.78, 5) is 16.3. The summed E-state index contributed by atoms with van der Waals surface area (Å²) in [6.45, 7) is -1.34. The summed E-state index contributed by atoms with van der Waals surface area (Å²) < 4.78 is 44.4. The number of fused-ring (bicyclic) bond motifs is 1. The van der Waals surface area contributed by atoms with Crippen molar-refractivity contribution < 1.29 is 17.9 Å². The second-order valence-electron chi connectivity index (χ2n) is 6.20. The summed E-state index contributed by atoms with van der Waals surface area (Å²) in [7, 11) is 1.50. The molecule has 4 nitrogen and oxygen atoms in total. The molecule has 0 radical (unpaired) electrons. The molecular weight excluding hydrogens is 321 g/mol. The summed E-state index contributed by atoms with van der Waals surface area (Å²) in [5, 5.41) is 0.574. The minimum absolute atomic E-state index is 0.113. The average molecular weight is 340 g/mol. The number of hydrogen-bond donors (Lipinski definition) is 0. The molecule has 3 rings (SSSR count). The van der Waals surface area contributed by atoms with Crippen LogP contribution in [0.25, 0.3) is 10.9 Å². The molecule has 0 N–H and O–H groups in total. The maximum absolute atomic E-state index is 12.8. The number of aromatic nitrogens is 2. The van der Waals surface area contributed by atoms with Gasteiger partial charge in [-0.2, -0.15) is 18.2 Å². The van der Waals surface area contributed by atoms with E-state index in [4.69, 9.17) is 4.74 Å². The molecule has 1 aromatic carbocycles. The van der Waals surface area contributed by atoms with Crippen molar-refractivity contribution in [3.63, 3.8) is 0 Å². The largest absolute Gasteiger partial charge is 0.497 e. The highest BCUT2D eigenvalue weighted by atomic mass is 19.4. The van der Waals surface area contributed by atoms with E-state index in [9.17, 15) is 18.0 Å². The molecule has 1 aliphatic carbocycles. The van der Waals surface area contributed by atoms with Crippen LogP contribution in [0.15, 0.2) is 23.0 Å². The Hall–Kier alpha value is -2.05. The Bertz CT molecular complexity index is 793. The molecule has 24 heavy (non-hydrogen) atoms. The fourth-order valence-electron chi connectivity index (χ4n) is 3.43. The number of nitrogens with zero attached hydrogens (tertiary/aromatic N) is 2. The third kappa shape index (κ3) is 3.39. The van der Waals surface area contributed by atoms with Crippen molar-refractivity contribution in [1.82, 2.24) is 9.55 Å². The van der Waals surface area contributed by atoms with E-state index in [-0.39, 0.29) is 11.4 Å². The Kier molecular flexibility index (Phi) is 4.51. The highest BCUT2D eigenvalue weighted by molar-refractivity contribution is 5.83. The zero-order chi connectivity index (χ0) is 17.3. The fourth-order valence-corrected chi connectivity index (χ4v) is 3.43. The topological polar surface area (TPSA) is 44.1 Å². The van der Waals surface area contributed by atoms with Gasteiger partial charge in [-0.25, -0.2) is 4.79 Å². The quantitative estimate of drug-likeness (QED) is 0.848. The van der Waals surface area contributed by atoms with Gasteiger partial charge in [-0.15, -0.1) is 0 Å². The van der Waals surface area contributed by atoms with Crippen LogP contribution >= 0.6 is 0 Å². The first-order chi connectivity index (χ1) is 11.4. The lowest BCUT2D eigenvalue weighted by Gasteiger charge is -2.23. The predicted octanol–water partition coefficient (Wildman–Crippen LogP) is 4.02. The van der Waals surface area contributed by atoms with E-state index in [2.05, 4.69) is 4.98 Å². The number of ether oxygens (including phenoxy) is 1. The highest BCUT2D eigenvalue weighted by Gasteiger charge is 2.30. The van der Waals surface area contributed by atoms with Gasteiger partial charge in [0, 0.05) is 11.3 Å². The van der Waals surface area contributed by atoms with Gasteiger partial charge in [0.1, 0.15) is 12.3 Å². The van der Waals surface area contributed by atoms with E-state index in [1.807, 2.05) is 0 Å². The van der Waals surface area contributed by atoms with Gasteiger partial charge >= 0.3 is 11.9 Å². The maximum atomic E-state index is 12.8. The summed E-state index contributed by atoms with van der Waals surface area (Å²) in [6.07, 6.45) is 0.560. The number of hydrogen-bond acceptors (Lipinski definition) is 3. The van der Waals surface area contributed by atoms with E-state index in [0.717, 1.165) is 32.1 Å². The van der Waals surface area contributed by atoms with E-state index in [1.54, 1.807) is 12.1 Å². The van der Waals surface area contributed by atoms with E-state index in [1.165, 1.54) is 13.2 Å². The van der Waals surface area contributed by atoms with Crippen LogP contribution in [0.1, 0.15) is 43.7 Å². The van der Waals surface area contributed by atoms with Crippen LogP contribution in [0.2, 0.25) is 0 Å². The van der Waals surface area contributed by atoms with Crippen LogP contribution in [-0.4, -0.2) is 22.8 Å². The van der Waals surface area contributed by atoms with Crippen LogP contribution < -0.4 is 10.4 Å². The molecule has 2 aromatic rings. The molecule has 0 aliphatic heterocycles. The zero-order valence-electron chi connectivity index (χ0n) is 13.4. The Labute approximate surface area is 137 Å². The number of halogens is 3. The smallest absolute Gasteiger partial charge is 0.406 e. The lowest BCUT2D eigenvalue weighted by molar-refractivity contribution is -0.140. The van der Waals surface area contributed by atoms with Gasteiger partial charge in [0.2, 0.25) is 0 Å². The Balaban J connectivity index is 2.21. The van der Waals surface area contributed by atoms with E-state index < -0.39 is 18.4 Å². The normalized spacial score (nSPS) is 16.5. The predicted molar refractivity (Wildman–Crippen MR) is 84.4 cm³/mol. The molecule has 1 aliphatic rings. The third-order valence-electron chi connectivity index (χ3n) is 4.55. The molecule has 0 unspecified atom stereocenters. The third-order valence-corrected chi connectivity index (χ3v) is 4.55. The number of benzene rings is 1. The summed E-state index contributed by atoms with van der Waals surface area (Å²) in [6, 6.07) is 4.76. The molecule has 1 heterocycles. The van der Waals surface area contributed by atoms with Crippen molar-refractivity contribution >= 4 is 10.9 Å². The zero-order valence-corrected chi connectivity index (χ0v) is 13.4. The molecule has 0 amide bonds. The first-order valence-electron chi connectivity index (χ1n) is 8.04. The van der Waals surface area contributed by atoms with Crippen LogP contribution in [0.4, 0.5) is 13.2 Å². The molecule has 0 spiro atoms. The number of alkyl halides is 3. The molecule has 0 saturated heterocycles. The monoisotopic (exact) mass is 340 g/mol. The van der Waals surface area contributed by atoms with Crippen molar-refractivity contribution in [2.45, 2.75) is 50.7 Å². The Morgan fingerprint density at radius 2 is 1.96 bits per heavy atom. The van der Waals surface area contributed by atoms with Crippen LogP contribution in [0.5, 0.6) is 5.75 Å². The minimum atomic E-state index is -4.48. The first-order valence-corrected chi connectivity index (χ1v) is 8.04. The van der Waals surface area contributed by atoms with Gasteiger partial charge in [0.05, 0.1) is 18.3 Å². The maximum Gasteiger partial charge on any atom is 0.406 e. The van der Waals surface area contributed by atoms with Crippen molar-refractivity contribution in [2.24, 2.45) is 0 Å². The van der Waals surface area contributed by atoms with Gasteiger partial charge in [-0.3, -0.25) is 4.57 Å². The molecule has 130 valence electrons. The molecular formula is C17H19F3N2O2. The second kappa shape index (κ2) is 6.45. The van der Waals surface area contributed by atoms with E-state index in [0.29, 0.717) is 21.4 Å². The molecule has 1 aromatic heterocycles. The van der Waals surface area contributed by atoms with Crippen molar-refractivity contribution in [3.8, 4) is 5.75 Å². The van der Waals surface area contributed by atoms with Gasteiger partial charge in [-0.05, 0) is 31.0 Å². The Morgan fingerprint density at radius 3 is 2.58 bits per heavy atom. The fraction of sp³-hybridized carbons (Fsp3) is 0.529. The Morgan fingerprint density at radius 1 is 1.25 bits per heavy atom. The minimum Gasteiger partial charge on any atom is -0.497 e. The number of methoxy groups -OCH3 is 1. The van der Waals surface area contributed by atoms with Gasteiger partial charge < -0.3 is 4.74 Å². The lowest BCUT2D eigenvalue weighted by Crippen LogP contribution is -2.31. The van der Waals surface area contributed by atoms with Crippen LogP contribution in [0, 0.1) is 0 Å². The summed E-state index contributed by atoms with van der Waals surface area (Å²) in [5.74, 6) is 0.653. The molecule has 0 bridgehead atoms. The van der Waals surface area contributed by atoms with Gasteiger partial charge in [0.15, 0.2) is 0 Å². The first kappa shape index (κ1) is 16.8. The van der Waals surface area contributed by atoms with Crippen molar-refractivity contribution in [1.29, 1.82) is 0 Å². The van der Waals surface area contributed by atoms with Gasteiger partial charge in [0.25, 0.3) is 0 Å². The molecule has 1 fully saturated rings. The summed E-state index contributed by atoms with van der Waals surface area (Å²) in [5.41, 5.74) is 0.0197. The van der Waals surface area contributed by atoms with Crippen LogP contribution in [-0.2, 0) is 6.54 Å². The molecule has 0 atom stereocenters. The SMILES string of the molecule is COc1ccc2c(c1)c(C1CCCCC1)nc(=O)n2CC(F)(F)F. The standard InChI is InChI=1S/C17H19F3N2O2/c1-24-12-7-8-14-13(9-12)15(11-5-3-2-4-6-11)21-16(23)22(14)10-17(18,19)20/h7-9,11H,2-6,10H2,1H3. The van der Waals surface area contributed by atoms with Crippen LogP contribution in [0.3, 0.4) is 0 Å². The number of rotatable bonds is 3. The summed E-state index contributed by atoms with van der Waals surface area (Å²) >= 11 is 0. The molecule has 1 saturated carbocycles. The average Bonchev–Trinajstić information content (AvgIpc) is 2.56. The van der Waals surface area contributed by atoms with Gasteiger partial charge in [-0.1, -0.05) is 19.3 Å². The molecule has 7 heteroatoms.